The fourth-order valence-corrected chi connectivity index (χ4v) is 5.47. The van der Waals surface area contributed by atoms with Crippen LogP contribution in [0.1, 0.15) is 46.3 Å². The predicted molar refractivity (Wildman–Crippen MR) is 134 cm³/mol. The quantitative estimate of drug-likeness (QED) is 0.530. The van der Waals surface area contributed by atoms with E-state index in [9.17, 15) is 18.4 Å². The van der Waals surface area contributed by atoms with Crippen LogP contribution in [0.25, 0.3) is 0 Å². The number of carbonyl (C=O) groups is 2. The highest BCUT2D eigenvalue weighted by Crippen LogP contribution is 2.63. The summed E-state index contributed by atoms with van der Waals surface area (Å²) in [6, 6.07) is 4.98. The number of piperazine rings is 1. The molecule has 5 rings (SSSR count). The molecule has 1 aliphatic heterocycles. The number of aromatic nitrogens is 1. The number of hydrogen-bond donors (Lipinski definition) is 2. The van der Waals surface area contributed by atoms with Crippen molar-refractivity contribution in [2.45, 2.75) is 51.1 Å². The molecule has 200 valence electrons. The maximum Gasteiger partial charge on any atom is 0.248 e. The van der Waals surface area contributed by atoms with Gasteiger partial charge in [-0.1, -0.05) is 11.6 Å². The molecule has 3 fully saturated rings. The number of amides is 2. The number of oxazole rings is 1. The van der Waals surface area contributed by atoms with Crippen molar-refractivity contribution in [2.24, 2.45) is 11.3 Å². The van der Waals surface area contributed by atoms with Crippen LogP contribution in [0.4, 0.5) is 14.5 Å². The van der Waals surface area contributed by atoms with Gasteiger partial charge in [0.2, 0.25) is 23.6 Å². The Morgan fingerprint density at radius 3 is 2.65 bits per heavy atom. The minimum absolute atomic E-state index is 0.155. The smallest absolute Gasteiger partial charge is 0.248 e. The molecule has 2 saturated carbocycles. The Morgan fingerprint density at radius 1 is 1.19 bits per heavy atom. The number of anilines is 1. The predicted octanol–water partition coefficient (Wildman–Crippen LogP) is 3.92. The van der Waals surface area contributed by atoms with Crippen LogP contribution in [-0.4, -0.2) is 65.2 Å². The van der Waals surface area contributed by atoms with Crippen LogP contribution in [-0.2, 0) is 22.6 Å². The molecule has 2 amide bonds. The zero-order chi connectivity index (χ0) is 27.8. The second-order valence-electron chi connectivity index (χ2n) is 10.1. The van der Waals surface area contributed by atoms with Gasteiger partial charge in [-0.05, 0) is 48.4 Å². The van der Waals surface area contributed by atoms with Gasteiger partial charge in [-0.3, -0.25) is 14.5 Å². The Morgan fingerprint density at radius 2 is 1.95 bits per heavy atom. The molecule has 8 nitrogen and oxygen atoms in total. The van der Waals surface area contributed by atoms with Gasteiger partial charge in [0.15, 0.2) is 0 Å². The largest absolute Gasteiger partial charge is 0.447 e. The number of rotatable bonds is 8. The van der Waals surface area contributed by atoms with Crippen LogP contribution in [0, 0.1) is 11.3 Å². The van der Waals surface area contributed by atoms with Gasteiger partial charge in [-0.2, -0.15) is 0 Å². The van der Waals surface area contributed by atoms with E-state index in [4.69, 9.17) is 18.8 Å². The van der Waals surface area contributed by atoms with Gasteiger partial charge in [0.25, 0.3) is 0 Å². The Kier molecular flexibility index (Phi) is 6.68. The average Bonchev–Trinajstić information content (AvgIpc) is 3.37. The number of benzene rings is 1. The van der Waals surface area contributed by atoms with E-state index in [-0.39, 0.29) is 49.1 Å². The van der Waals surface area contributed by atoms with Crippen molar-refractivity contribution in [3.63, 3.8) is 0 Å². The van der Waals surface area contributed by atoms with Crippen molar-refractivity contribution in [3.8, 4) is 0 Å². The Balaban J connectivity index is 1.12. The molecule has 1 aromatic heterocycles. The van der Waals surface area contributed by atoms with Crippen LogP contribution >= 0.6 is 11.6 Å². The zero-order valence-corrected chi connectivity index (χ0v) is 21.2. The molecule has 0 unspecified atom stereocenters. The van der Waals surface area contributed by atoms with Crippen molar-refractivity contribution in [2.75, 3.05) is 38.0 Å². The van der Waals surface area contributed by atoms with Crippen LogP contribution in [0.15, 0.2) is 35.1 Å². The molecule has 2 aromatic rings. The summed E-state index contributed by atoms with van der Waals surface area (Å²) in [6.45, 7) is -0.564. The first-order valence-corrected chi connectivity index (χ1v) is 13.0. The molecular formula is C26H32ClF2N5O3. The zero-order valence-electron chi connectivity index (χ0n) is 22.4. The topological polar surface area (TPSA) is 90.7 Å². The molecule has 1 aromatic carbocycles. The highest BCUT2D eigenvalue weighted by molar-refractivity contribution is 6.30. The van der Waals surface area contributed by atoms with Gasteiger partial charge in [-0.25, -0.2) is 13.8 Å². The van der Waals surface area contributed by atoms with E-state index in [0.29, 0.717) is 67.6 Å². The van der Waals surface area contributed by atoms with E-state index < -0.39 is 12.4 Å². The number of carbonyl (C=O) groups excluding carboxylic acids is 2. The number of nitrogens with one attached hydrogen (secondary N) is 2. The van der Waals surface area contributed by atoms with Crippen LogP contribution < -0.4 is 10.6 Å². The molecular weight excluding hydrogens is 504 g/mol. The molecule has 37 heavy (non-hydrogen) atoms. The minimum atomic E-state index is -2.63. The molecule has 0 radical (unpaired) electrons. The molecule has 2 heterocycles. The highest BCUT2D eigenvalue weighted by atomic mass is 35.5. The molecule has 1 atom stereocenters. The first kappa shape index (κ1) is 23.4. The molecule has 3 aliphatic rings. The number of hydrogen-bond acceptors (Lipinski definition) is 6. The molecule has 2 N–H and O–H groups in total. The van der Waals surface area contributed by atoms with Crippen molar-refractivity contribution >= 4 is 29.1 Å². The van der Waals surface area contributed by atoms with E-state index in [2.05, 4.69) is 15.6 Å². The van der Waals surface area contributed by atoms with E-state index >= 15 is 0 Å². The maximum atomic E-state index is 13.5. The summed E-state index contributed by atoms with van der Waals surface area (Å²) >= 11 is 6.21. The Labute approximate surface area is 222 Å². The van der Waals surface area contributed by atoms with Gasteiger partial charge >= 0.3 is 0 Å². The first-order valence-electron chi connectivity index (χ1n) is 13.6. The fraction of sp³-hybridized carbons (Fsp3) is 0.577. The minimum Gasteiger partial charge on any atom is -0.447 e. The molecule has 0 bridgehead atoms. The number of nitrogens with zero attached hydrogens (tertiary/aromatic N) is 3. The summed E-state index contributed by atoms with van der Waals surface area (Å²) in [5, 5.41) is 6.26. The van der Waals surface area contributed by atoms with Gasteiger partial charge in [0.1, 0.15) is 6.26 Å². The summed E-state index contributed by atoms with van der Waals surface area (Å²) in [5.74, 6) is -2.95. The standard InChI is InChI=1S/C26H32ClF2N5O3/c27-19-1-2-21(31-15-22-30-7-12-37-22)18(13-19)17-33-8-10-34(11-9-33)23(35)16-32-24(36)20-14-25(20)3-5-26(28,29)6-4-25/h1-2,7,12-13,20,31H,3-6,8-11,14-17H2,(H,32,36)/t20-/m0/s1/i17D2. The summed E-state index contributed by atoms with van der Waals surface area (Å²) in [4.78, 5) is 32.7. The SMILES string of the molecule is [2H]C([2H])(c1cc(Cl)ccc1NCc1ncco1)N1CCN(C(=O)CNC(=O)[C@@H]2CC23CCC(F)(F)CC3)CC1. The van der Waals surface area contributed by atoms with Crippen molar-refractivity contribution in [1.29, 1.82) is 0 Å². The number of halogens is 3. The third-order valence-electron chi connectivity index (χ3n) is 7.70. The second-order valence-corrected chi connectivity index (χ2v) is 10.6. The Bertz CT molecular complexity index is 1200. The van der Waals surface area contributed by atoms with Crippen LogP contribution in [0.3, 0.4) is 0 Å². The van der Waals surface area contributed by atoms with Crippen molar-refractivity contribution in [1.82, 2.24) is 20.1 Å². The third-order valence-corrected chi connectivity index (χ3v) is 7.94. The van der Waals surface area contributed by atoms with Gasteiger partial charge in [-0.15, -0.1) is 0 Å². The molecule has 11 heteroatoms. The second kappa shape index (κ2) is 10.6. The maximum absolute atomic E-state index is 13.5. The molecule has 1 spiro atoms. The number of alkyl halides is 2. The summed E-state index contributed by atoms with van der Waals surface area (Å²) < 4.78 is 50.0. The van der Waals surface area contributed by atoms with E-state index in [1.807, 2.05) is 0 Å². The third kappa shape index (κ3) is 6.23. The molecule has 2 aliphatic carbocycles. The summed E-state index contributed by atoms with van der Waals surface area (Å²) in [5.41, 5.74) is 0.602. The first-order chi connectivity index (χ1) is 18.5. The highest BCUT2D eigenvalue weighted by Gasteiger charge is 2.60. The van der Waals surface area contributed by atoms with E-state index in [1.54, 1.807) is 28.0 Å². The Hall–Kier alpha value is -2.72. The van der Waals surface area contributed by atoms with Gasteiger partial charge in [0, 0.05) is 64.9 Å². The lowest BCUT2D eigenvalue weighted by molar-refractivity contribution is -0.135. The normalized spacial score (nSPS) is 23.8. The fourth-order valence-electron chi connectivity index (χ4n) is 5.29. The van der Waals surface area contributed by atoms with Gasteiger partial charge in [0.05, 0.1) is 19.3 Å². The van der Waals surface area contributed by atoms with E-state index in [1.165, 1.54) is 12.5 Å². The lowest BCUT2D eigenvalue weighted by Gasteiger charge is -2.35. The summed E-state index contributed by atoms with van der Waals surface area (Å²) in [6.07, 6.45) is 3.94. The average molecular weight is 538 g/mol. The van der Waals surface area contributed by atoms with Crippen LogP contribution in [0.2, 0.25) is 5.02 Å². The van der Waals surface area contributed by atoms with Crippen molar-refractivity contribution in [3.05, 3.63) is 47.1 Å². The van der Waals surface area contributed by atoms with Crippen molar-refractivity contribution < 1.29 is 25.5 Å². The molecule has 1 saturated heterocycles. The van der Waals surface area contributed by atoms with Gasteiger partial charge < -0.3 is 20.0 Å². The lowest BCUT2D eigenvalue weighted by Crippen LogP contribution is -2.51. The summed E-state index contributed by atoms with van der Waals surface area (Å²) in [7, 11) is 0. The van der Waals surface area contributed by atoms with E-state index in [0.717, 1.165) is 0 Å². The lowest BCUT2D eigenvalue weighted by atomic mass is 9.82. The monoisotopic (exact) mass is 537 g/mol. The van der Waals surface area contributed by atoms with Crippen LogP contribution in [0.5, 0.6) is 0 Å².